The SMILES string of the molecule is CC[C@H](Oc1ccc2c(c1)CCCC2)C(=O)Nc1nnc(-c2ccc(OC)cc2)s1. The van der Waals surface area contributed by atoms with Gasteiger partial charge in [-0.05, 0) is 79.6 Å². The van der Waals surface area contributed by atoms with E-state index in [1.54, 1.807) is 7.11 Å². The number of ether oxygens (including phenoxy) is 2. The van der Waals surface area contributed by atoms with E-state index >= 15 is 0 Å². The van der Waals surface area contributed by atoms with Gasteiger partial charge in [-0.25, -0.2) is 0 Å². The third-order valence-electron chi connectivity index (χ3n) is 5.25. The molecule has 1 amide bonds. The van der Waals surface area contributed by atoms with Crippen molar-refractivity contribution < 1.29 is 14.3 Å². The highest BCUT2D eigenvalue weighted by Gasteiger charge is 2.21. The van der Waals surface area contributed by atoms with Gasteiger partial charge in [-0.3, -0.25) is 10.1 Å². The Hall–Kier alpha value is -2.93. The van der Waals surface area contributed by atoms with Gasteiger partial charge in [0.05, 0.1) is 7.11 Å². The topological polar surface area (TPSA) is 73.3 Å². The van der Waals surface area contributed by atoms with Gasteiger partial charge < -0.3 is 9.47 Å². The zero-order chi connectivity index (χ0) is 20.9. The minimum atomic E-state index is -0.583. The van der Waals surface area contributed by atoms with Crippen LogP contribution in [0.5, 0.6) is 11.5 Å². The molecule has 2 aromatic carbocycles. The Morgan fingerprint density at radius 1 is 1.07 bits per heavy atom. The number of fused-ring (bicyclic) bond motifs is 1. The number of carbonyl (C=O) groups excluding carboxylic acids is 1. The van der Waals surface area contributed by atoms with Crippen molar-refractivity contribution in [2.75, 3.05) is 12.4 Å². The minimum Gasteiger partial charge on any atom is -0.497 e. The maximum absolute atomic E-state index is 12.8. The fraction of sp³-hybridized carbons (Fsp3) is 0.348. The normalized spacial score (nSPS) is 13.9. The molecule has 1 atom stereocenters. The van der Waals surface area contributed by atoms with Crippen molar-refractivity contribution in [3.05, 3.63) is 53.6 Å². The van der Waals surface area contributed by atoms with Crippen molar-refractivity contribution >= 4 is 22.4 Å². The molecule has 1 N–H and O–H groups in total. The molecule has 1 aliphatic rings. The molecule has 0 saturated carbocycles. The molecule has 0 aliphatic heterocycles. The first kappa shape index (κ1) is 20.3. The van der Waals surface area contributed by atoms with E-state index in [0.29, 0.717) is 11.6 Å². The van der Waals surface area contributed by atoms with Crippen LogP contribution >= 0.6 is 11.3 Å². The molecule has 0 spiro atoms. The lowest BCUT2D eigenvalue weighted by Crippen LogP contribution is -2.32. The van der Waals surface area contributed by atoms with Crippen LogP contribution in [-0.2, 0) is 17.6 Å². The van der Waals surface area contributed by atoms with Gasteiger partial charge in [0.2, 0.25) is 5.13 Å². The Morgan fingerprint density at radius 2 is 1.80 bits per heavy atom. The first-order valence-corrected chi connectivity index (χ1v) is 11.0. The number of nitrogens with one attached hydrogen (secondary N) is 1. The van der Waals surface area contributed by atoms with Gasteiger partial charge in [0.1, 0.15) is 16.5 Å². The van der Waals surface area contributed by atoms with Crippen LogP contribution in [0.3, 0.4) is 0 Å². The number of aryl methyl sites for hydroxylation is 2. The third kappa shape index (κ3) is 4.62. The highest BCUT2D eigenvalue weighted by Crippen LogP contribution is 2.29. The Bertz CT molecular complexity index is 1020. The van der Waals surface area contributed by atoms with Gasteiger partial charge in [0.25, 0.3) is 5.91 Å². The molecule has 30 heavy (non-hydrogen) atoms. The van der Waals surface area contributed by atoms with Crippen molar-refractivity contribution in [2.45, 2.75) is 45.1 Å². The van der Waals surface area contributed by atoms with Crippen LogP contribution in [0, 0.1) is 0 Å². The van der Waals surface area contributed by atoms with Crippen LogP contribution in [0.4, 0.5) is 5.13 Å². The first-order valence-electron chi connectivity index (χ1n) is 10.2. The summed E-state index contributed by atoms with van der Waals surface area (Å²) in [6, 6.07) is 13.7. The molecule has 0 radical (unpaired) electrons. The minimum absolute atomic E-state index is 0.215. The number of amides is 1. The first-order chi connectivity index (χ1) is 14.7. The zero-order valence-electron chi connectivity index (χ0n) is 17.2. The van der Waals surface area contributed by atoms with Gasteiger partial charge in [0.15, 0.2) is 6.10 Å². The highest BCUT2D eigenvalue weighted by atomic mass is 32.1. The maximum atomic E-state index is 12.8. The number of methoxy groups -OCH3 is 1. The van der Waals surface area contributed by atoms with Crippen LogP contribution in [-0.4, -0.2) is 29.3 Å². The van der Waals surface area contributed by atoms with E-state index in [2.05, 4.69) is 27.6 Å². The molecule has 3 aromatic rings. The summed E-state index contributed by atoms with van der Waals surface area (Å²) in [7, 11) is 1.63. The number of benzene rings is 2. The lowest BCUT2D eigenvalue weighted by Gasteiger charge is -2.20. The van der Waals surface area contributed by atoms with E-state index in [1.807, 2.05) is 37.3 Å². The second kappa shape index (κ2) is 9.26. The maximum Gasteiger partial charge on any atom is 0.267 e. The van der Waals surface area contributed by atoms with Crippen molar-refractivity contribution in [1.82, 2.24) is 10.2 Å². The Morgan fingerprint density at radius 3 is 2.53 bits per heavy atom. The van der Waals surface area contributed by atoms with Crippen LogP contribution in [0.2, 0.25) is 0 Å². The smallest absolute Gasteiger partial charge is 0.267 e. The number of rotatable bonds is 7. The molecule has 156 valence electrons. The Kier molecular flexibility index (Phi) is 6.28. The summed E-state index contributed by atoms with van der Waals surface area (Å²) < 4.78 is 11.2. The predicted octanol–water partition coefficient (Wildman–Crippen LogP) is 4.89. The number of anilines is 1. The van der Waals surface area contributed by atoms with E-state index in [0.717, 1.165) is 34.9 Å². The summed E-state index contributed by atoms with van der Waals surface area (Å²) in [5.41, 5.74) is 3.65. The summed E-state index contributed by atoms with van der Waals surface area (Å²) >= 11 is 1.33. The largest absolute Gasteiger partial charge is 0.497 e. The van der Waals surface area contributed by atoms with Gasteiger partial charge >= 0.3 is 0 Å². The molecule has 1 aromatic heterocycles. The molecule has 0 unspecified atom stereocenters. The predicted molar refractivity (Wildman–Crippen MR) is 118 cm³/mol. The number of aromatic nitrogens is 2. The van der Waals surface area contributed by atoms with E-state index in [1.165, 1.54) is 35.3 Å². The Balaban J connectivity index is 1.41. The number of carbonyl (C=O) groups is 1. The van der Waals surface area contributed by atoms with E-state index < -0.39 is 6.10 Å². The molecule has 7 heteroatoms. The van der Waals surface area contributed by atoms with Gasteiger partial charge in [-0.15, -0.1) is 10.2 Å². The molecular formula is C23H25N3O3S. The monoisotopic (exact) mass is 423 g/mol. The molecule has 0 saturated heterocycles. The quantitative estimate of drug-likeness (QED) is 0.586. The number of nitrogens with zero attached hydrogens (tertiary/aromatic N) is 2. The summed E-state index contributed by atoms with van der Waals surface area (Å²) in [5.74, 6) is 1.31. The summed E-state index contributed by atoms with van der Waals surface area (Å²) in [6.07, 6.45) is 4.64. The van der Waals surface area contributed by atoms with E-state index in [-0.39, 0.29) is 5.91 Å². The van der Waals surface area contributed by atoms with E-state index in [9.17, 15) is 4.79 Å². The second-order valence-corrected chi connectivity index (χ2v) is 8.26. The van der Waals surface area contributed by atoms with Crippen molar-refractivity contribution in [3.8, 4) is 22.1 Å². The molecule has 4 rings (SSSR count). The van der Waals surface area contributed by atoms with Crippen molar-refractivity contribution in [3.63, 3.8) is 0 Å². The van der Waals surface area contributed by atoms with Crippen molar-refractivity contribution in [2.24, 2.45) is 0 Å². The van der Waals surface area contributed by atoms with Gasteiger partial charge in [-0.1, -0.05) is 24.3 Å². The average molecular weight is 424 g/mol. The fourth-order valence-electron chi connectivity index (χ4n) is 3.58. The number of hydrogen-bond acceptors (Lipinski definition) is 6. The molecule has 1 aliphatic carbocycles. The summed E-state index contributed by atoms with van der Waals surface area (Å²) in [6.45, 7) is 1.94. The Labute approximate surface area is 180 Å². The highest BCUT2D eigenvalue weighted by molar-refractivity contribution is 7.18. The molecule has 0 fully saturated rings. The van der Waals surface area contributed by atoms with Crippen LogP contribution in [0.25, 0.3) is 10.6 Å². The second-order valence-electron chi connectivity index (χ2n) is 7.28. The van der Waals surface area contributed by atoms with Gasteiger partial charge in [-0.2, -0.15) is 0 Å². The lowest BCUT2D eigenvalue weighted by molar-refractivity contribution is -0.122. The third-order valence-corrected chi connectivity index (χ3v) is 6.14. The molecular weight excluding hydrogens is 398 g/mol. The van der Waals surface area contributed by atoms with Crippen LogP contribution in [0.1, 0.15) is 37.3 Å². The molecule has 1 heterocycles. The zero-order valence-corrected chi connectivity index (χ0v) is 18.0. The average Bonchev–Trinajstić information content (AvgIpc) is 3.25. The van der Waals surface area contributed by atoms with Crippen LogP contribution < -0.4 is 14.8 Å². The fourth-order valence-corrected chi connectivity index (χ4v) is 4.33. The molecule has 0 bridgehead atoms. The summed E-state index contributed by atoms with van der Waals surface area (Å²) in [5, 5.41) is 12.3. The summed E-state index contributed by atoms with van der Waals surface area (Å²) in [4.78, 5) is 12.8. The lowest BCUT2D eigenvalue weighted by atomic mass is 9.92. The molecule has 6 nitrogen and oxygen atoms in total. The standard InChI is InChI=1S/C23H25N3O3S/c1-3-20(29-19-13-8-15-6-4-5-7-17(15)14-19)21(27)24-23-26-25-22(30-23)16-9-11-18(28-2)12-10-16/h8-14,20H,3-7H2,1-2H3,(H,24,26,27)/t20-/m0/s1. The van der Waals surface area contributed by atoms with E-state index in [4.69, 9.17) is 9.47 Å². The number of hydrogen-bond donors (Lipinski definition) is 1. The van der Waals surface area contributed by atoms with Crippen LogP contribution in [0.15, 0.2) is 42.5 Å². The van der Waals surface area contributed by atoms with Crippen molar-refractivity contribution in [1.29, 1.82) is 0 Å². The van der Waals surface area contributed by atoms with Gasteiger partial charge in [0, 0.05) is 5.56 Å².